The van der Waals surface area contributed by atoms with Gasteiger partial charge in [-0.25, -0.2) is 0 Å². The van der Waals surface area contributed by atoms with Crippen molar-refractivity contribution in [2.75, 3.05) is 39.4 Å². The number of aryl methyl sites for hydroxylation is 1. The van der Waals surface area contributed by atoms with E-state index in [9.17, 15) is 14.7 Å². The summed E-state index contributed by atoms with van der Waals surface area (Å²) < 4.78 is 12.2. The topological polar surface area (TPSA) is 79.3 Å². The van der Waals surface area contributed by atoms with Gasteiger partial charge in [-0.2, -0.15) is 0 Å². The van der Waals surface area contributed by atoms with E-state index in [0.29, 0.717) is 44.1 Å². The standard InChI is InChI=1S/C32H33BrN2O5/c1-22-5-2-6-23(19-22)21-40-27-11-9-24(10-12-27)30(36)28-29(25-7-3-8-26(33)20-25)35(32(38)31(28)37)14-4-13-34-15-17-39-18-16-34/h2-3,5-12,19-20,29,36H,4,13-18,21H2,1H3. The number of aliphatic hydroxyl groups is 1. The van der Waals surface area contributed by atoms with Gasteiger partial charge >= 0.3 is 0 Å². The quantitative estimate of drug-likeness (QED) is 0.198. The molecule has 0 radical (unpaired) electrons. The van der Waals surface area contributed by atoms with Crippen LogP contribution in [0.25, 0.3) is 5.76 Å². The molecule has 2 aliphatic heterocycles. The monoisotopic (exact) mass is 604 g/mol. The van der Waals surface area contributed by atoms with Crippen molar-refractivity contribution >= 4 is 33.4 Å². The second kappa shape index (κ2) is 12.8. The molecule has 8 heteroatoms. The van der Waals surface area contributed by atoms with E-state index in [1.807, 2.05) is 49.4 Å². The van der Waals surface area contributed by atoms with E-state index in [1.54, 1.807) is 29.2 Å². The number of likely N-dealkylation sites (tertiary alicyclic amines) is 1. The van der Waals surface area contributed by atoms with Gasteiger partial charge in [-0.05, 0) is 60.9 Å². The largest absolute Gasteiger partial charge is 0.507 e. The Morgan fingerprint density at radius 3 is 2.48 bits per heavy atom. The smallest absolute Gasteiger partial charge is 0.295 e. The Kier molecular flexibility index (Phi) is 8.99. The second-order valence-electron chi connectivity index (χ2n) is 10.2. The lowest BCUT2D eigenvalue weighted by molar-refractivity contribution is -0.140. The summed E-state index contributed by atoms with van der Waals surface area (Å²) in [5.74, 6) is -0.811. The van der Waals surface area contributed by atoms with E-state index in [4.69, 9.17) is 9.47 Å². The van der Waals surface area contributed by atoms with Gasteiger partial charge < -0.3 is 19.5 Å². The maximum atomic E-state index is 13.3. The van der Waals surface area contributed by atoms with Gasteiger partial charge in [0.2, 0.25) is 0 Å². The predicted molar refractivity (Wildman–Crippen MR) is 157 cm³/mol. The average Bonchev–Trinajstić information content (AvgIpc) is 3.22. The van der Waals surface area contributed by atoms with Crippen LogP contribution in [0, 0.1) is 6.92 Å². The van der Waals surface area contributed by atoms with Crippen molar-refractivity contribution in [3.05, 3.63) is 105 Å². The Morgan fingerprint density at radius 2 is 1.75 bits per heavy atom. The summed E-state index contributed by atoms with van der Waals surface area (Å²) in [5, 5.41) is 11.4. The summed E-state index contributed by atoms with van der Waals surface area (Å²) in [6.07, 6.45) is 0.713. The van der Waals surface area contributed by atoms with Gasteiger partial charge in [0.1, 0.15) is 18.1 Å². The number of amides is 1. The summed E-state index contributed by atoms with van der Waals surface area (Å²) in [5.41, 5.74) is 3.55. The molecule has 1 atom stereocenters. The molecule has 0 bridgehead atoms. The van der Waals surface area contributed by atoms with Crippen molar-refractivity contribution in [3.63, 3.8) is 0 Å². The Balaban J connectivity index is 1.38. The fourth-order valence-electron chi connectivity index (χ4n) is 5.26. The number of benzene rings is 3. The molecule has 0 saturated carbocycles. The Labute approximate surface area is 243 Å². The number of ether oxygens (including phenoxy) is 2. The lowest BCUT2D eigenvalue weighted by Gasteiger charge is -2.29. The normalized spacial score (nSPS) is 19.2. The summed E-state index contributed by atoms with van der Waals surface area (Å²) in [4.78, 5) is 30.5. The maximum absolute atomic E-state index is 13.3. The number of aliphatic hydroxyl groups excluding tert-OH is 1. The zero-order valence-electron chi connectivity index (χ0n) is 22.5. The Bertz CT molecular complexity index is 1400. The molecule has 7 nitrogen and oxygen atoms in total. The van der Waals surface area contributed by atoms with Crippen LogP contribution in [0.3, 0.4) is 0 Å². The molecular formula is C32H33BrN2O5. The van der Waals surface area contributed by atoms with Crippen molar-refractivity contribution in [1.82, 2.24) is 9.80 Å². The minimum absolute atomic E-state index is 0.0999. The van der Waals surface area contributed by atoms with Crippen LogP contribution in [0.15, 0.2) is 82.8 Å². The third kappa shape index (κ3) is 6.46. The number of hydrogen-bond acceptors (Lipinski definition) is 6. The second-order valence-corrected chi connectivity index (χ2v) is 11.1. The molecule has 3 aromatic carbocycles. The summed E-state index contributed by atoms with van der Waals surface area (Å²) in [6.45, 7) is 6.80. The predicted octanol–water partition coefficient (Wildman–Crippen LogP) is 5.48. The number of rotatable bonds is 9. The van der Waals surface area contributed by atoms with Gasteiger partial charge in [-0.15, -0.1) is 0 Å². The first kappa shape index (κ1) is 28.1. The first-order valence-corrected chi connectivity index (χ1v) is 14.3. The summed E-state index contributed by atoms with van der Waals surface area (Å²) >= 11 is 3.51. The van der Waals surface area contributed by atoms with Gasteiger partial charge in [-0.3, -0.25) is 14.5 Å². The van der Waals surface area contributed by atoms with E-state index >= 15 is 0 Å². The maximum Gasteiger partial charge on any atom is 0.295 e. The molecular weight excluding hydrogens is 572 g/mol. The van der Waals surface area contributed by atoms with Gasteiger partial charge in [0, 0.05) is 36.2 Å². The highest BCUT2D eigenvalue weighted by Gasteiger charge is 2.45. The Hall–Kier alpha value is -3.46. The minimum Gasteiger partial charge on any atom is -0.507 e. The molecule has 1 amide bonds. The molecule has 2 saturated heterocycles. The third-order valence-corrected chi connectivity index (χ3v) is 7.79. The molecule has 2 aliphatic rings. The van der Waals surface area contributed by atoms with Crippen LogP contribution < -0.4 is 4.74 Å². The van der Waals surface area contributed by atoms with Crippen LogP contribution in [0.1, 0.15) is 34.7 Å². The van der Waals surface area contributed by atoms with Crippen molar-refractivity contribution in [2.45, 2.75) is 26.0 Å². The SMILES string of the molecule is Cc1cccc(COc2ccc(C(O)=C3C(=O)C(=O)N(CCCN4CCOCC4)C3c3cccc(Br)c3)cc2)c1. The first-order valence-electron chi connectivity index (χ1n) is 13.5. The molecule has 40 heavy (non-hydrogen) atoms. The fraction of sp³-hybridized carbons (Fsp3) is 0.312. The van der Waals surface area contributed by atoms with Crippen LogP contribution in [0.5, 0.6) is 5.75 Å². The number of carbonyl (C=O) groups excluding carboxylic acids is 2. The molecule has 2 fully saturated rings. The lowest BCUT2D eigenvalue weighted by atomic mass is 9.95. The van der Waals surface area contributed by atoms with Crippen molar-refractivity contribution < 1.29 is 24.2 Å². The number of nitrogens with zero attached hydrogens (tertiary/aromatic N) is 2. The number of halogens is 1. The fourth-order valence-corrected chi connectivity index (χ4v) is 5.67. The van der Waals surface area contributed by atoms with Crippen molar-refractivity contribution in [3.8, 4) is 5.75 Å². The van der Waals surface area contributed by atoms with Crippen LogP contribution in [-0.4, -0.2) is 66.0 Å². The van der Waals surface area contributed by atoms with Crippen LogP contribution in [0.4, 0.5) is 0 Å². The van der Waals surface area contributed by atoms with Gasteiger partial charge in [-0.1, -0.05) is 57.9 Å². The van der Waals surface area contributed by atoms with Crippen molar-refractivity contribution in [1.29, 1.82) is 0 Å². The average molecular weight is 606 g/mol. The molecule has 208 valence electrons. The van der Waals surface area contributed by atoms with Crippen LogP contribution in [0.2, 0.25) is 0 Å². The highest BCUT2D eigenvalue weighted by Crippen LogP contribution is 2.40. The van der Waals surface area contributed by atoms with Gasteiger partial charge in [0.25, 0.3) is 11.7 Å². The van der Waals surface area contributed by atoms with Crippen LogP contribution in [-0.2, 0) is 20.9 Å². The summed E-state index contributed by atoms with van der Waals surface area (Å²) in [6, 6.07) is 21.9. The molecule has 1 N–H and O–H groups in total. The molecule has 3 aromatic rings. The summed E-state index contributed by atoms with van der Waals surface area (Å²) in [7, 11) is 0. The molecule has 5 rings (SSSR count). The highest BCUT2D eigenvalue weighted by atomic mass is 79.9. The van der Waals surface area contributed by atoms with Crippen LogP contribution >= 0.6 is 15.9 Å². The molecule has 0 aliphatic carbocycles. The minimum atomic E-state index is -0.681. The molecule has 1 unspecified atom stereocenters. The highest BCUT2D eigenvalue weighted by molar-refractivity contribution is 9.10. The van der Waals surface area contributed by atoms with E-state index in [-0.39, 0.29) is 11.3 Å². The Morgan fingerprint density at radius 1 is 1.00 bits per heavy atom. The van der Waals surface area contributed by atoms with Gasteiger partial charge in [0.15, 0.2) is 0 Å². The first-order chi connectivity index (χ1) is 19.4. The van der Waals surface area contributed by atoms with E-state index in [2.05, 4.69) is 26.9 Å². The number of Topliss-reactive ketones (excluding diaryl/α,β-unsaturated/α-hetero) is 1. The number of hydrogen-bond donors (Lipinski definition) is 1. The molecule has 0 aromatic heterocycles. The van der Waals surface area contributed by atoms with Gasteiger partial charge in [0.05, 0.1) is 24.8 Å². The zero-order valence-corrected chi connectivity index (χ0v) is 24.1. The van der Waals surface area contributed by atoms with E-state index in [0.717, 1.165) is 35.2 Å². The zero-order chi connectivity index (χ0) is 28.1. The van der Waals surface area contributed by atoms with E-state index in [1.165, 1.54) is 5.56 Å². The van der Waals surface area contributed by atoms with E-state index < -0.39 is 17.7 Å². The van der Waals surface area contributed by atoms with Crippen molar-refractivity contribution in [2.24, 2.45) is 0 Å². The molecule has 2 heterocycles. The number of carbonyl (C=O) groups is 2. The molecule has 0 spiro atoms. The number of morpholine rings is 1. The number of ketones is 1. The lowest BCUT2D eigenvalue weighted by Crippen LogP contribution is -2.38. The third-order valence-electron chi connectivity index (χ3n) is 7.30.